The third kappa shape index (κ3) is 6.86. The van der Waals surface area contributed by atoms with Crippen LogP contribution >= 0.6 is 62.6 Å². The molecule has 2 atom stereocenters. The Morgan fingerprint density at radius 1 is 1.19 bits per heavy atom. The zero-order chi connectivity index (χ0) is 23.8. The average molecular weight is 611 g/mol. The Morgan fingerprint density at radius 2 is 1.92 bits per heavy atom. The number of piperidine rings is 1. The Balaban J connectivity index is 0.00000160. The van der Waals surface area contributed by atoms with Crippen molar-refractivity contribution in [1.29, 1.82) is 0 Å². The second-order valence-corrected chi connectivity index (χ2v) is 9.56. The number of aliphatic hydroxyl groups is 1. The monoisotopic (exact) mass is 609 g/mol. The number of hydrogen-bond donors (Lipinski definition) is 4. The number of nitrogens with one attached hydrogen (secondary N) is 3. The Hall–Kier alpha value is -1.67. The van der Waals surface area contributed by atoms with E-state index in [0.717, 1.165) is 5.56 Å². The van der Waals surface area contributed by atoms with E-state index in [1.807, 2.05) is 11.0 Å². The lowest BCUT2D eigenvalue weighted by molar-refractivity contribution is -0.134. The van der Waals surface area contributed by atoms with E-state index in [1.54, 1.807) is 23.0 Å². The maximum Gasteiger partial charge on any atom is 0.278 e. The molecule has 37 heavy (non-hydrogen) atoms. The van der Waals surface area contributed by atoms with Gasteiger partial charge in [0.2, 0.25) is 11.9 Å². The number of carbonyl (C=O) groups excluding carboxylic acids is 1. The first-order valence-corrected chi connectivity index (χ1v) is 12.0. The van der Waals surface area contributed by atoms with Gasteiger partial charge in [0.1, 0.15) is 5.52 Å². The summed E-state index contributed by atoms with van der Waals surface area (Å²) in [7, 11) is 0. The highest BCUT2D eigenvalue weighted by molar-refractivity contribution is 7.59. The van der Waals surface area contributed by atoms with Gasteiger partial charge in [-0.05, 0) is 37.0 Å². The van der Waals surface area contributed by atoms with E-state index >= 15 is 0 Å². The van der Waals surface area contributed by atoms with Crippen LogP contribution in [-0.4, -0.2) is 67.4 Å². The summed E-state index contributed by atoms with van der Waals surface area (Å²) in [6.07, 6.45) is 2.95. The van der Waals surface area contributed by atoms with E-state index in [4.69, 9.17) is 23.2 Å². The zero-order valence-electron chi connectivity index (χ0n) is 19.7. The lowest BCUT2D eigenvalue weighted by Crippen LogP contribution is -2.47. The molecule has 2 aliphatic rings. The van der Waals surface area contributed by atoms with Gasteiger partial charge in [0.05, 0.1) is 34.4 Å². The van der Waals surface area contributed by atoms with Gasteiger partial charge in [0, 0.05) is 26.2 Å². The average Bonchev–Trinajstić information content (AvgIpc) is 3.46. The van der Waals surface area contributed by atoms with Crippen molar-refractivity contribution in [3.8, 4) is 0 Å². The predicted molar refractivity (Wildman–Crippen MR) is 157 cm³/mol. The molecule has 1 aromatic carbocycles. The fourth-order valence-electron chi connectivity index (χ4n) is 4.62. The summed E-state index contributed by atoms with van der Waals surface area (Å²) in [6.45, 7) is 2.02. The third-order valence-electron chi connectivity index (χ3n) is 6.43. The molecule has 5 rings (SSSR count). The van der Waals surface area contributed by atoms with Gasteiger partial charge in [-0.1, -0.05) is 29.3 Å². The van der Waals surface area contributed by atoms with E-state index < -0.39 is 6.10 Å². The highest BCUT2D eigenvalue weighted by atomic mass is 35.5. The number of rotatable bonds is 5. The van der Waals surface area contributed by atoms with Crippen LogP contribution in [0.5, 0.6) is 0 Å². The van der Waals surface area contributed by atoms with Crippen molar-refractivity contribution in [2.45, 2.75) is 44.0 Å². The molecule has 0 bridgehead atoms. The van der Waals surface area contributed by atoms with E-state index in [1.165, 1.54) is 0 Å². The first kappa shape index (κ1) is 31.5. The van der Waals surface area contributed by atoms with Gasteiger partial charge in [-0.25, -0.2) is 4.98 Å². The number of fused-ring (bicyclic) bond motifs is 1. The highest BCUT2D eigenvalue weighted by Crippen LogP contribution is 2.26. The molecule has 0 unspecified atom stereocenters. The van der Waals surface area contributed by atoms with Crippen LogP contribution in [0.25, 0.3) is 11.0 Å². The molecule has 2 aromatic heterocycles. The minimum absolute atomic E-state index is 0. The Kier molecular flexibility index (Phi) is 11.4. The smallest absolute Gasteiger partial charge is 0.278 e. The van der Waals surface area contributed by atoms with Crippen LogP contribution in [0, 0.1) is 0 Å². The van der Waals surface area contributed by atoms with Crippen LogP contribution in [-0.2, 0) is 11.3 Å². The Bertz CT molecular complexity index is 1280. The van der Waals surface area contributed by atoms with E-state index in [2.05, 4.69) is 25.7 Å². The highest BCUT2D eigenvalue weighted by Gasteiger charge is 2.34. The summed E-state index contributed by atoms with van der Waals surface area (Å²) >= 11 is 12.0. The lowest BCUT2D eigenvalue weighted by Gasteiger charge is -2.33. The number of β-amino-alcohol motifs (C(OH)–C–C–N with tert-alkyl or cyclic N) is 1. The van der Waals surface area contributed by atoms with Crippen molar-refractivity contribution >= 4 is 85.5 Å². The molecule has 1 amide bonds. The van der Waals surface area contributed by atoms with Gasteiger partial charge in [-0.2, -0.15) is 32.1 Å². The maximum absolute atomic E-state index is 12.9. The number of likely N-dealkylation sites (tertiary alicyclic amines) is 1. The summed E-state index contributed by atoms with van der Waals surface area (Å²) in [5.74, 6) is 0.368. The number of aliphatic hydroxyl groups excluding tert-OH is 1. The predicted octanol–water partition coefficient (Wildman–Crippen LogP) is 2.57. The number of benzene rings is 1. The van der Waals surface area contributed by atoms with Gasteiger partial charge in [0.25, 0.3) is 5.56 Å². The largest absolute Gasteiger partial charge is 0.392 e. The standard InChI is InChI=1S/C22H25Cl2N7O3.ClH.2H2S/c23-15-2-1-12(7-16(15)24)9-26-22-28-18-11-27-31(19(18)20(33)29-22)13-3-5-30(6-4-13)21(34)17-8-14(32)10-25-17;;;/h1-2,7,11,13-14,17,25,32H,3-6,8-10H2,(H2,26,28,29,33);1H;2*1H2/t14-,17-;;;/m0.../s1. The summed E-state index contributed by atoms with van der Waals surface area (Å²) in [6, 6.07) is 5.00. The summed E-state index contributed by atoms with van der Waals surface area (Å²) in [5.41, 5.74) is 1.55. The summed E-state index contributed by atoms with van der Waals surface area (Å²) < 4.78 is 1.73. The fourth-order valence-corrected chi connectivity index (χ4v) is 4.94. The molecule has 0 saturated carbocycles. The van der Waals surface area contributed by atoms with Crippen molar-refractivity contribution < 1.29 is 9.90 Å². The van der Waals surface area contributed by atoms with Crippen LogP contribution in [0.4, 0.5) is 5.95 Å². The third-order valence-corrected chi connectivity index (χ3v) is 7.17. The number of carbonyl (C=O) groups is 1. The number of hydrogen-bond acceptors (Lipinski definition) is 7. The molecular formula is C22H30Cl3N7O3S2. The zero-order valence-corrected chi connectivity index (χ0v) is 24.0. The number of H-pyrrole nitrogens is 1. The number of aromatic nitrogens is 4. The Labute approximate surface area is 243 Å². The minimum atomic E-state index is -0.468. The number of nitrogens with zero attached hydrogens (tertiary/aromatic N) is 4. The van der Waals surface area contributed by atoms with Crippen LogP contribution in [0.15, 0.2) is 29.2 Å². The van der Waals surface area contributed by atoms with Crippen LogP contribution in [0.3, 0.4) is 0 Å². The second kappa shape index (κ2) is 13.4. The van der Waals surface area contributed by atoms with Gasteiger partial charge in [-0.3, -0.25) is 19.3 Å². The number of anilines is 1. The minimum Gasteiger partial charge on any atom is -0.392 e. The second-order valence-electron chi connectivity index (χ2n) is 8.75. The molecule has 0 aliphatic carbocycles. The fraction of sp³-hybridized carbons (Fsp3) is 0.455. The van der Waals surface area contributed by atoms with Crippen molar-refractivity contribution in [2.75, 3.05) is 25.0 Å². The lowest BCUT2D eigenvalue weighted by atomic mass is 10.0. The number of amides is 1. The molecule has 4 heterocycles. The van der Waals surface area contributed by atoms with Crippen molar-refractivity contribution in [3.63, 3.8) is 0 Å². The molecular weight excluding hydrogens is 581 g/mol. The van der Waals surface area contributed by atoms with Gasteiger partial charge >= 0.3 is 0 Å². The normalized spacial score (nSPS) is 19.6. The summed E-state index contributed by atoms with van der Waals surface area (Å²) in [5, 5.41) is 21.2. The van der Waals surface area contributed by atoms with Crippen molar-refractivity contribution in [3.05, 3.63) is 50.4 Å². The number of aromatic amines is 1. The molecule has 2 aliphatic heterocycles. The molecule has 2 saturated heterocycles. The topological polar surface area (TPSA) is 128 Å². The molecule has 2 fully saturated rings. The first-order chi connectivity index (χ1) is 16.4. The van der Waals surface area contributed by atoms with Gasteiger partial charge in [0.15, 0.2) is 5.52 Å². The Morgan fingerprint density at radius 3 is 2.57 bits per heavy atom. The molecule has 0 spiro atoms. The first-order valence-electron chi connectivity index (χ1n) is 11.2. The van der Waals surface area contributed by atoms with Crippen LogP contribution in [0.1, 0.15) is 30.9 Å². The maximum atomic E-state index is 12.9. The van der Waals surface area contributed by atoms with Gasteiger partial charge in [-0.15, -0.1) is 12.4 Å². The molecule has 10 nitrogen and oxygen atoms in total. The quantitative estimate of drug-likeness (QED) is 0.350. The summed E-state index contributed by atoms with van der Waals surface area (Å²) in [4.78, 5) is 34.7. The number of halogens is 3. The molecule has 4 N–H and O–H groups in total. The SMILES string of the molecule is Cl.O=C([C@@H]1C[C@H](O)CN1)N1CCC(n2ncc3nc(NCc4ccc(Cl)c(Cl)c4)[nH]c(=O)c32)CC1.S.S. The molecule has 3 aromatic rings. The van der Waals surface area contributed by atoms with E-state index in [9.17, 15) is 14.7 Å². The van der Waals surface area contributed by atoms with Crippen molar-refractivity contribution in [2.24, 2.45) is 0 Å². The molecule has 15 heteroatoms. The molecule has 204 valence electrons. The van der Waals surface area contributed by atoms with Gasteiger partial charge < -0.3 is 20.6 Å². The van der Waals surface area contributed by atoms with Crippen LogP contribution in [0.2, 0.25) is 10.0 Å². The van der Waals surface area contributed by atoms with E-state index in [0.29, 0.717) is 72.5 Å². The van der Waals surface area contributed by atoms with E-state index in [-0.39, 0.29) is 62.9 Å². The molecule has 0 radical (unpaired) electrons. The van der Waals surface area contributed by atoms with Crippen molar-refractivity contribution in [1.82, 2.24) is 30.0 Å². The van der Waals surface area contributed by atoms with Crippen LogP contribution < -0.4 is 16.2 Å².